The van der Waals surface area contributed by atoms with Crippen LogP contribution in [0.5, 0.6) is 5.75 Å². The number of imidazole rings is 1. The van der Waals surface area contributed by atoms with Crippen LogP contribution >= 0.6 is 7.82 Å². The van der Waals surface area contributed by atoms with E-state index in [9.17, 15) is 23.8 Å². The van der Waals surface area contributed by atoms with Gasteiger partial charge in [0.05, 0.1) is 26.7 Å². The number of hydrogen-bond donors (Lipinski definition) is 3. The predicted octanol–water partition coefficient (Wildman–Crippen LogP) is 3.68. The molecule has 0 saturated carbocycles. The van der Waals surface area contributed by atoms with Crippen molar-refractivity contribution in [3.05, 3.63) is 56.9 Å². The van der Waals surface area contributed by atoms with Gasteiger partial charge in [-0.05, 0) is 51.2 Å². The van der Waals surface area contributed by atoms with E-state index in [4.69, 9.17) is 32.4 Å². The Kier molecular flexibility index (Phi) is 12.3. The van der Waals surface area contributed by atoms with Crippen LogP contribution in [0, 0.1) is 0 Å². The number of ether oxygens (including phenoxy) is 4. The predicted molar refractivity (Wildman–Crippen MR) is 188 cm³/mol. The number of benzene rings is 1. The van der Waals surface area contributed by atoms with Crippen LogP contribution in [-0.4, -0.2) is 92.7 Å². The van der Waals surface area contributed by atoms with Crippen LogP contribution in [0.3, 0.4) is 0 Å². The molecule has 18 nitrogen and oxygen atoms in total. The van der Waals surface area contributed by atoms with Gasteiger partial charge in [-0.3, -0.25) is 33.5 Å². The Morgan fingerprint density at radius 1 is 1.10 bits per heavy atom. The summed E-state index contributed by atoms with van der Waals surface area (Å²) < 4.78 is 53.6. The van der Waals surface area contributed by atoms with Crippen molar-refractivity contribution in [2.45, 2.75) is 84.9 Å². The molecule has 2 aliphatic heterocycles. The molecule has 5 heterocycles. The molecule has 4 aromatic rings. The average Bonchev–Trinajstić information content (AvgIpc) is 3.77. The molecule has 284 valence electrons. The second-order valence-corrected chi connectivity index (χ2v) is 13.8. The Morgan fingerprint density at radius 2 is 1.81 bits per heavy atom. The maximum absolute atomic E-state index is 12.9. The molecule has 0 bridgehead atoms. The van der Waals surface area contributed by atoms with Crippen LogP contribution in [-0.2, 0) is 39.2 Å². The zero-order chi connectivity index (χ0) is 37.8. The SMILES string of the molecule is CCC(=O)Nc1nc2c(ncn2[C@@H]2O[C@H](COP(=O)(O)OCc3cc(=O)oc4cc(OC)ccc34)[C@H]3OC(C)(C)O[C@H]32)c(=O)[nH]1.CCN(CC)CC. The van der Waals surface area contributed by atoms with Gasteiger partial charge in [-0.15, -0.1) is 0 Å². The Balaban J connectivity index is 0.000000679. The number of H-pyrrole nitrogens is 1. The van der Waals surface area contributed by atoms with Crippen LogP contribution in [0.1, 0.15) is 59.8 Å². The fourth-order valence-electron chi connectivity index (χ4n) is 5.89. The van der Waals surface area contributed by atoms with Gasteiger partial charge in [0.1, 0.15) is 29.6 Å². The molecule has 6 rings (SSSR count). The minimum atomic E-state index is -4.69. The third-order valence-corrected chi connectivity index (χ3v) is 9.51. The van der Waals surface area contributed by atoms with Crippen molar-refractivity contribution < 1.29 is 46.7 Å². The van der Waals surface area contributed by atoms with Gasteiger partial charge in [0.15, 0.2) is 23.2 Å². The molecule has 0 radical (unpaired) electrons. The molecule has 1 unspecified atom stereocenters. The largest absolute Gasteiger partial charge is 0.497 e. The highest BCUT2D eigenvalue weighted by molar-refractivity contribution is 7.47. The molecule has 3 aromatic heterocycles. The zero-order valence-electron chi connectivity index (χ0n) is 30.1. The first kappa shape index (κ1) is 39.2. The van der Waals surface area contributed by atoms with E-state index >= 15 is 0 Å². The second kappa shape index (κ2) is 16.3. The highest BCUT2D eigenvalue weighted by atomic mass is 31.2. The summed E-state index contributed by atoms with van der Waals surface area (Å²) >= 11 is 0. The number of aromatic nitrogens is 4. The maximum Gasteiger partial charge on any atom is 0.472 e. The van der Waals surface area contributed by atoms with Crippen molar-refractivity contribution in [1.29, 1.82) is 0 Å². The van der Waals surface area contributed by atoms with E-state index in [0.717, 1.165) is 6.07 Å². The minimum Gasteiger partial charge on any atom is -0.497 e. The summed E-state index contributed by atoms with van der Waals surface area (Å²) in [5, 5.41) is 3.00. The van der Waals surface area contributed by atoms with Crippen molar-refractivity contribution in [2.24, 2.45) is 0 Å². The lowest BCUT2D eigenvalue weighted by Crippen LogP contribution is -2.32. The van der Waals surface area contributed by atoms with E-state index in [0.29, 0.717) is 16.7 Å². The van der Waals surface area contributed by atoms with Crippen molar-refractivity contribution in [2.75, 3.05) is 38.7 Å². The monoisotopic (exact) mass is 748 g/mol. The molecule has 3 N–H and O–H groups in total. The zero-order valence-corrected chi connectivity index (χ0v) is 31.0. The Bertz CT molecular complexity index is 2040. The number of aromatic amines is 1. The summed E-state index contributed by atoms with van der Waals surface area (Å²) in [6.45, 7) is 14.3. The maximum atomic E-state index is 12.9. The molecule has 2 fully saturated rings. The van der Waals surface area contributed by atoms with Gasteiger partial charge in [0.25, 0.3) is 5.56 Å². The number of phosphoric ester groups is 1. The fraction of sp³-hybridized carbons (Fsp3) is 0.545. The van der Waals surface area contributed by atoms with Crippen LogP contribution < -0.4 is 21.2 Å². The highest BCUT2D eigenvalue weighted by Crippen LogP contribution is 2.48. The molecule has 2 aliphatic rings. The highest BCUT2D eigenvalue weighted by Gasteiger charge is 2.56. The van der Waals surface area contributed by atoms with Crippen molar-refractivity contribution in [3.63, 3.8) is 0 Å². The van der Waals surface area contributed by atoms with Crippen LogP contribution in [0.15, 0.2) is 44.6 Å². The van der Waals surface area contributed by atoms with E-state index < -0.39 is 62.5 Å². The van der Waals surface area contributed by atoms with Crippen molar-refractivity contribution in [1.82, 2.24) is 24.4 Å². The van der Waals surface area contributed by atoms with Gasteiger partial charge in [0, 0.05) is 23.9 Å². The molecule has 1 amide bonds. The number of phosphoric acid groups is 1. The summed E-state index contributed by atoms with van der Waals surface area (Å²) in [7, 11) is -3.22. The first-order valence-electron chi connectivity index (χ1n) is 16.9. The standard InChI is InChI=1S/C27H30N5O12P.C6H15N/c1-5-18(33)29-26-30-23-20(24(35)31-26)28-12-32(23)25-22-21(43-27(2,3)44-22)17(42-25)11-40-45(36,37)39-10-13-8-19(34)41-16-9-14(38-4)6-7-15(13)16;1-4-7(5-2)6-3/h6-9,12,17,21-22,25H,5,10-11H2,1-4H3,(H,36,37)(H2,29,30,31,33,35);4-6H2,1-3H3/t17-,21-,22-,25-;/m1./s1. The summed E-state index contributed by atoms with van der Waals surface area (Å²) in [5.74, 6) is -1.01. The fourth-order valence-corrected chi connectivity index (χ4v) is 6.60. The van der Waals surface area contributed by atoms with Gasteiger partial charge >= 0.3 is 13.4 Å². The number of rotatable bonds is 13. The number of fused-ring (bicyclic) bond motifs is 3. The summed E-state index contributed by atoms with van der Waals surface area (Å²) in [6.07, 6.45) is -1.88. The van der Waals surface area contributed by atoms with Crippen LogP contribution in [0.25, 0.3) is 22.1 Å². The number of carbonyl (C=O) groups is 1. The number of methoxy groups -OCH3 is 1. The topological polar surface area (TPSA) is 219 Å². The summed E-state index contributed by atoms with van der Waals surface area (Å²) in [4.78, 5) is 60.5. The third-order valence-electron chi connectivity index (χ3n) is 8.57. The quantitative estimate of drug-likeness (QED) is 0.131. The third kappa shape index (κ3) is 8.95. The van der Waals surface area contributed by atoms with E-state index in [1.807, 2.05) is 0 Å². The Morgan fingerprint density at radius 3 is 2.46 bits per heavy atom. The molecule has 0 spiro atoms. The lowest BCUT2D eigenvalue weighted by atomic mass is 10.1. The summed E-state index contributed by atoms with van der Waals surface area (Å²) in [6, 6.07) is 5.95. The first-order valence-corrected chi connectivity index (χ1v) is 18.4. The van der Waals surface area contributed by atoms with Crippen LogP contribution in [0.4, 0.5) is 5.95 Å². The first-order chi connectivity index (χ1) is 24.7. The minimum absolute atomic E-state index is 0.00306. The lowest BCUT2D eigenvalue weighted by molar-refractivity contribution is -0.199. The lowest BCUT2D eigenvalue weighted by Gasteiger charge is -2.25. The van der Waals surface area contributed by atoms with Gasteiger partial charge < -0.3 is 33.2 Å². The molecule has 19 heteroatoms. The molecular formula is C33H45N6O12P. The van der Waals surface area contributed by atoms with Crippen LogP contribution in [0.2, 0.25) is 0 Å². The van der Waals surface area contributed by atoms with E-state index in [-0.39, 0.29) is 35.0 Å². The number of anilines is 1. The number of hydrogen-bond acceptors (Lipinski definition) is 14. The van der Waals surface area contributed by atoms with Gasteiger partial charge in [-0.1, -0.05) is 27.7 Å². The number of carbonyl (C=O) groups excluding carboxylic acids is 1. The molecule has 5 atom stereocenters. The normalized spacial score (nSPS) is 21.9. The molecule has 2 saturated heterocycles. The van der Waals surface area contributed by atoms with Gasteiger partial charge in [-0.25, -0.2) is 14.3 Å². The number of nitrogens with one attached hydrogen (secondary N) is 2. The van der Waals surface area contributed by atoms with E-state index in [1.54, 1.807) is 32.9 Å². The molecule has 1 aromatic carbocycles. The summed E-state index contributed by atoms with van der Waals surface area (Å²) in [5.41, 5.74) is -0.630. The van der Waals surface area contributed by atoms with E-state index in [2.05, 4.69) is 45.9 Å². The van der Waals surface area contributed by atoms with E-state index in [1.165, 1.54) is 43.7 Å². The van der Waals surface area contributed by atoms with Gasteiger partial charge in [-0.2, -0.15) is 4.98 Å². The smallest absolute Gasteiger partial charge is 0.472 e. The average molecular weight is 749 g/mol. The van der Waals surface area contributed by atoms with Crippen molar-refractivity contribution in [3.8, 4) is 5.75 Å². The Labute approximate surface area is 298 Å². The number of amides is 1. The Hall–Kier alpha value is -4.00. The second-order valence-electron chi connectivity index (χ2n) is 12.4. The van der Waals surface area contributed by atoms with Gasteiger partial charge in [0.2, 0.25) is 11.9 Å². The molecule has 0 aliphatic carbocycles. The van der Waals surface area contributed by atoms with Crippen molar-refractivity contribution >= 4 is 41.8 Å². The molecular weight excluding hydrogens is 703 g/mol. The number of nitrogens with zero attached hydrogens (tertiary/aromatic N) is 4. The molecule has 52 heavy (non-hydrogen) atoms.